The first kappa shape index (κ1) is 10.7. The molecule has 1 atom stereocenters. The van der Waals surface area contributed by atoms with E-state index in [9.17, 15) is 9.59 Å². The molecule has 1 unspecified atom stereocenters. The van der Waals surface area contributed by atoms with Gasteiger partial charge in [-0.2, -0.15) is 0 Å². The molecule has 2 rings (SSSR count). The van der Waals surface area contributed by atoms with Gasteiger partial charge in [-0.3, -0.25) is 9.59 Å². The average Bonchev–Trinajstić information content (AvgIpc) is 2.62. The van der Waals surface area contributed by atoms with Crippen LogP contribution < -0.4 is 0 Å². The van der Waals surface area contributed by atoms with E-state index in [4.69, 9.17) is 5.11 Å². The summed E-state index contributed by atoms with van der Waals surface area (Å²) in [5.41, 5.74) is 1.03. The summed E-state index contributed by atoms with van der Waals surface area (Å²) in [6.07, 6.45) is 0.418. The molecular weight excluding hydrogens is 206 g/mol. The molecule has 1 aromatic carbocycles. The quantitative estimate of drug-likeness (QED) is 0.775. The number of hydrogen-bond acceptors (Lipinski definition) is 2. The maximum atomic E-state index is 11.7. The third kappa shape index (κ3) is 2.05. The average molecular weight is 219 g/mol. The second kappa shape index (κ2) is 4.35. The highest BCUT2D eigenvalue weighted by Gasteiger charge is 2.36. The molecule has 1 aromatic rings. The van der Waals surface area contributed by atoms with Crippen molar-refractivity contribution in [3.8, 4) is 0 Å². The van der Waals surface area contributed by atoms with Crippen molar-refractivity contribution in [2.24, 2.45) is 5.92 Å². The van der Waals surface area contributed by atoms with Crippen LogP contribution >= 0.6 is 0 Å². The summed E-state index contributed by atoms with van der Waals surface area (Å²) in [6, 6.07) is 9.59. The lowest BCUT2D eigenvalue weighted by atomic mass is 10.1. The minimum absolute atomic E-state index is 0.267. The molecular formula is C12H13NO3. The number of benzene rings is 1. The highest BCUT2D eigenvalue weighted by Crippen LogP contribution is 2.20. The molecule has 0 bridgehead atoms. The van der Waals surface area contributed by atoms with Gasteiger partial charge in [0, 0.05) is 13.1 Å². The van der Waals surface area contributed by atoms with Gasteiger partial charge in [0.2, 0.25) is 5.91 Å². The molecule has 0 radical (unpaired) electrons. The van der Waals surface area contributed by atoms with Crippen LogP contribution in [0.3, 0.4) is 0 Å². The zero-order valence-electron chi connectivity index (χ0n) is 8.80. The molecule has 4 nitrogen and oxygen atoms in total. The Morgan fingerprint density at radius 3 is 2.62 bits per heavy atom. The largest absolute Gasteiger partial charge is 0.481 e. The van der Waals surface area contributed by atoms with E-state index >= 15 is 0 Å². The van der Waals surface area contributed by atoms with Crippen molar-refractivity contribution in [3.05, 3.63) is 35.9 Å². The molecule has 1 amide bonds. The van der Waals surface area contributed by atoms with Crippen molar-refractivity contribution in [1.29, 1.82) is 0 Å². The number of carbonyl (C=O) groups excluding carboxylic acids is 1. The molecule has 0 spiro atoms. The molecule has 16 heavy (non-hydrogen) atoms. The molecule has 0 aliphatic carbocycles. The van der Waals surface area contributed by atoms with Crippen molar-refractivity contribution >= 4 is 11.9 Å². The van der Waals surface area contributed by atoms with Crippen LogP contribution in [0.1, 0.15) is 12.0 Å². The number of carboxylic acids is 1. The SMILES string of the molecule is O=C(O)C1CCN(Cc2ccccc2)C1=O. The number of likely N-dealkylation sites (tertiary alicyclic amines) is 1. The monoisotopic (exact) mass is 219 g/mol. The molecule has 1 N–H and O–H groups in total. The molecule has 84 valence electrons. The fourth-order valence-electron chi connectivity index (χ4n) is 1.93. The third-order valence-electron chi connectivity index (χ3n) is 2.81. The van der Waals surface area contributed by atoms with Crippen molar-refractivity contribution in [1.82, 2.24) is 4.90 Å². The molecule has 1 heterocycles. The van der Waals surface area contributed by atoms with Crippen LogP contribution in [0.4, 0.5) is 0 Å². The number of hydrogen-bond donors (Lipinski definition) is 1. The van der Waals surface area contributed by atoms with E-state index in [2.05, 4.69) is 0 Å². The standard InChI is InChI=1S/C12H13NO3/c14-11-10(12(15)16)6-7-13(11)8-9-4-2-1-3-5-9/h1-5,10H,6-8H2,(H,15,16). The maximum Gasteiger partial charge on any atom is 0.316 e. The Kier molecular flexibility index (Phi) is 2.90. The summed E-state index contributed by atoms with van der Waals surface area (Å²) < 4.78 is 0. The van der Waals surface area contributed by atoms with Crippen molar-refractivity contribution in [2.75, 3.05) is 6.54 Å². The number of rotatable bonds is 3. The smallest absolute Gasteiger partial charge is 0.316 e. The third-order valence-corrected chi connectivity index (χ3v) is 2.81. The number of nitrogens with zero attached hydrogens (tertiary/aromatic N) is 1. The van der Waals surface area contributed by atoms with Gasteiger partial charge in [0.05, 0.1) is 0 Å². The summed E-state index contributed by atoms with van der Waals surface area (Å²) in [4.78, 5) is 24.1. The van der Waals surface area contributed by atoms with Gasteiger partial charge in [0.25, 0.3) is 0 Å². The fourth-order valence-corrected chi connectivity index (χ4v) is 1.93. The minimum atomic E-state index is -1.01. The Morgan fingerprint density at radius 1 is 1.38 bits per heavy atom. The molecule has 1 saturated heterocycles. The number of carbonyl (C=O) groups is 2. The van der Waals surface area contributed by atoms with Gasteiger partial charge in [-0.1, -0.05) is 30.3 Å². The summed E-state index contributed by atoms with van der Waals surface area (Å²) >= 11 is 0. The highest BCUT2D eigenvalue weighted by molar-refractivity contribution is 5.98. The Hall–Kier alpha value is -1.84. The van der Waals surface area contributed by atoms with Gasteiger partial charge < -0.3 is 10.0 Å². The first-order chi connectivity index (χ1) is 7.68. The molecule has 4 heteroatoms. The van der Waals surface area contributed by atoms with Gasteiger partial charge in [-0.15, -0.1) is 0 Å². The molecule has 0 saturated carbocycles. The van der Waals surface area contributed by atoms with Gasteiger partial charge in [0.1, 0.15) is 5.92 Å². The van der Waals surface area contributed by atoms with Gasteiger partial charge in [0.15, 0.2) is 0 Å². The lowest BCUT2D eigenvalue weighted by Gasteiger charge is -2.15. The van der Waals surface area contributed by atoms with Gasteiger partial charge in [-0.05, 0) is 12.0 Å². The van der Waals surface area contributed by atoms with Crippen LogP contribution in [0.5, 0.6) is 0 Å². The first-order valence-corrected chi connectivity index (χ1v) is 5.24. The number of carboxylic acid groups (broad SMARTS) is 1. The van der Waals surface area contributed by atoms with Crippen LogP contribution in [-0.2, 0) is 16.1 Å². The van der Waals surface area contributed by atoms with E-state index in [1.54, 1.807) is 4.90 Å². The van der Waals surface area contributed by atoms with Crippen molar-refractivity contribution in [3.63, 3.8) is 0 Å². The summed E-state index contributed by atoms with van der Waals surface area (Å²) in [5.74, 6) is -2.12. The highest BCUT2D eigenvalue weighted by atomic mass is 16.4. The van der Waals surface area contributed by atoms with Crippen LogP contribution in [0.15, 0.2) is 30.3 Å². The van der Waals surface area contributed by atoms with Gasteiger partial charge in [-0.25, -0.2) is 0 Å². The van der Waals surface area contributed by atoms with Crippen LogP contribution in [-0.4, -0.2) is 28.4 Å². The summed E-state index contributed by atoms with van der Waals surface area (Å²) in [5, 5.41) is 8.82. The normalized spacial score (nSPS) is 20.1. The molecule has 1 aliphatic rings. The topological polar surface area (TPSA) is 57.6 Å². The fraction of sp³-hybridized carbons (Fsp3) is 0.333. The number of aliphatic carboxylic acids is 1. The lowest BCUT2D eigenvalue weighted by Crippen LogP contribution is -2.29. The Morgan fingerprint density at radius 2 is 2.06 bits per heavy atom. The Labute approximate surface area is 93.5 Å². The van der Waals surface area contributed by atoms with E-state index in [0.717, 1.165) is 5.56 Å². The summed E-state index contributed by atoms with van der Waals surface area (Å²) in [6.45, 7) is 1.04. The molecule has 0 aromatic heterocycles. The van der Waals surface area contributed by atoms with Crippen LogP contribution in [0.2, 0.25) is 0 Å². The Bertz CT molecular complexity index is 402. The second-order valence-corrected chi connectivity index (χ2v) is 3.92. The predicted molar refractivity (Wildman–Crippen MR) is 57.6 cm³/mol. The van der Waals surface area contributed by atoms with E-state index in [-0.39, 0.29) is 5.91 Å². The first-order valence-electron chi connectivity index (χ1n) is 5.24. The minimum Gasteiger partial charge on any atom is -0.481 e. The van der Waals surface area contributed by atoms with Crippen LogP contribution in [0.25, 0.3) is 0 Å². The Balaban J connectivity index is 2.03. The molecule has 1 fully saturated rings. The number of amides is 1. The predicted octanol–water partition coefficient (Wildman–Crippen LogP) is 1.12. The zero-order valence-corrected chi connectivity index (χ0v) is 8.80. The van der Waals surface area contributed by atoms with E-state index < -0.39 is 11.9 Å². The van der Waals surface area contributed by atoms with Gasteiger partial charge >= 0.3 is 5.97 Å². The lowest BCUT2D eigenvalue weighted by molar-refractivity contribution is -0.147. The molecule has 1 aliphatic heterocycles. The van der Waals surface area contributed by atoms with E-state index in [1.165, 1.54) is 0 Å². The van der Waals surface area contributed by atoms with Crippen molar-refractivity contribution < 1.29 is 14.7 Å². The van der Waals surface area contributed by atoms with E-state index in [0.29, 0.717) is 19.5 Å². The van der Waals surface area contributed by atoms with Crippen molar-refractivity contribution in [2.45, 2.75) is 13.0 Å². The summed E-state index contributed by atoms with van der Waals surface area (Å²) in [7, 11) is 0. The maximum absolute atomic E-state index is 11.7. The zero-order chi connectivity index (χ0) is 11.5. The second-order valence-electron chi connectivity index (χ2n) is 3.92. The van der Waals surface area contributed by atoms with Crippen LogP contribution in [0, 0.1) is 5.92 Å². The van der Waals surface area contributed by atoms with E-state index in [1.807, 2.05) is 30.3 Å².